The summed E-state index contributed by atoms with van der Waals surface area (Å²) in [7, 11) is -3.87. The largest absolute Gasteiger partial charge is 0.457 e. The molecule has 0 bridgehead atoms. The van der Waals surface area contributed by atoms with Crippen molar-refractivity contribution in [3.8, 4) is 11.5 Å². The van der Waals surface area contributed by atoms with Gasteiger partial charge in [-0.1, -0.05) is 76.0 Å². The van der Waals surface area contributed by atoms with Crippen molar-refractivity contribution in [3.05, 3.63) is 88.9 Å². The van der Waals surface area contributed by atoms with E-state index in [2.05, 4.69) is 15.4 Å². The van der Waals surface area contributed by atoms with Crippen LogP contribution in [0.4, 0.5) is 10.5 Å². The Kier molecular flexibility index (Phi) is 10.7. The fourth-order valence-electron chi connectivity index (χ4n) is 7.62. The van der Waals surface area contributed by atoms with Crippen molar-refractivity contribution in [2.75, 3.05) is 11.9 Å². The molecule has 15 heteroatoms. The number of hydrogen-bond donors (Lipinski definition) is 3. The van der Waals surface area contributed by atoms with Crippen LogP contribution in [0.2, 0.25) is 5.02 Å². The molecule has 1 unspecified atom stereocenters. The van der Waals surface area contributed by atoms with Crippen molar-refractivity contribution in [3.63, 3.8) is 0 Å². The van der Waals surface area contributed by atoms with Crippen LogP contribution >= 0.6 is 11.6 Å². The summed E-state index contributed by atoms with van der Waals surface area (Å²) in [5.41, 5.74) is 0.298. The summed E-state index contributed by atoms with van der Waals surface area (Å²) in [6.07, 6.45) is 0.258. The zero-order valence-electron chi connectivity index (χ0n) is 31.9. The molecule has 0 aromatic heterocycles. The number of anilines is 1. The molecule has 3 N–H and O–H groups in total. The summed E-state index contributed by atoms with van der Waals surface area (Å²) in [5.74, 6) is -0.798. The number of nitrogens with one attached hydrogen (secondary N) is 3. The normalized spacial score (nSPS) is 23.5. The predicted octanol–water partition coefficient (Wildman–Crippen LogP) is 5.97. The number of hydrogen-bond acceptors (Lipinski definition) is 9. The lowest BCUT2D eigenvalue weighted by Gasteiger charge is -2.36. The molecule has 3 fully saturated rings. The van der Waals surface area contributed by atoms with E-state index in [-0.39, 0.29) is 31.8 Å². The fraction of sp³-hybridized carbons (Fsp3) is 0.463. The van der Waals surface area contributed by atoms with Crippen molar-refractivity contribution in [1.82, 2.24) is 19.8 Å². The molecule has 2 aliphatic heterocycles. The first-order chi connectivity index (χ1) is 26.6. The van der Waals surface area contributed by atoms with E-state index < -0.39 is 68.2 Å². The Morgan fingerprint density at radius 2 is 1.64 bits per heavy atom. The van der Waals surface area contributed by atoms with Crippen LogP contribution in [0.25, 0.3) is 0 Å². The van der Waals surface area contributed by atoms with Crippen LogP contribution < -0.4 is 20.1 Å². The van der Waals surface area contributed by atoms with Gasteiger partial charge in [0.25, 0.3) is 5.91 Å². The van der Waals surface area contributed by atoms with Crippen LogP contribution in [0.1, 0.15) is 70.9 Å². The number of benzene rings is 3. The molecule has 3 aromatic rings. The number of carbonyl (C=O) groups is 4. The highest BCUT2D eigenvalue weighted by molar-refractivity contribution is 7.91. The van der Waals surface area contributed by atoms with Crippen molar-refractivity contribution in [2.24, 2.45) is 11.3 Å². The smallest absolute Gasteiger partial charge is 0.410 e. The molecule has 56 heavy (non-hydrogen) atoms. The van der Waals surface area contributed by atoms with Gasteiger partial charge in [0, 0.05) is 23.7 Å². The van der Waals surface area contributed by atoms with E-state index in [9.17, 15) is 27.6 Å². The third kappa shape index (κ3) is 8.31. The number of nitrogens with zero attached hydrogens (tertiary/aromatic N) is 2. The Morgan fingerprint density at radius 3 is 2.27 bits per heavy atom. The number of fused-ring (bicyclic) bond motifs is 1. The van der Waals surface area contributed by atoms with Crippen LogP contribution in [-0.2, 0) is 42.2 Å². The topological polar surface area (TPSA) is 163 Å². The van der Waals surface area contributed by atoms with E-state index in [0.717, 1.165) is 11.1 Å². The predicted molar refractivity (Wildman–Crippen MR) is 210 cm³/mol. The third-order valence-corrected chi connectivity index (χ3v) is 13.3. The van der Waals surface area contributed by atoms with Gasteiger partial charge in [0.15, 0.2) is 0 Å². The minimum atomic E-state index is -3.87. The lowest BCUT2D eigenvalue weighted by molar-refractivity contribution is -0.141. The summed E-state index contributed by atoms with van der Waals surface area (Å²) in [5, 5.41) is 6.16. The lowest BCUT2D eigenvalue weighted by atomic mass is 9.85. The number of para-hydroxylation sites is 1. The van der Waals surface area contributed by atoms with Crippen molar-refractivity contribution in [1.29, 1.82) is 0 Å². The number of halogens is 1. The van der Waals surface area contributed by atoms with Crippen LogP contribution in [0.3, 0.4) is 0 Å². The summed E-state index contributed by atoms with van der Waals surface area (Å²) >= 11 is 6.40. The van der Waals surface area contributed by atoms with Crippen molar-refractivity contribution in [2.45, 2.75) is 102 Å². The highest BCUT2D eigenvalue weighted by Crippen LogP contribution is 2.47. The van der Waals surface area contributed by atoms with E-state index in [1.54, 1.807) is 30.3 Å². The summed E-state index contributed by atoms with van der Waals surface area (Å²) in [4.78, 5) is 59.1. The highest BCUT2D eigenvalue weighted by Gasteiger charge is 2.62. The van der Waals surface area contributed by atoms with Gasteiger partial charge in [0.05, 0.1) is 18.3 Å². The van der Waals surface area contributed by atoms with Crippen LogP contribution in [0.5, 0.6) is 11.5 Å². The number of carbonyl (C=O) groups excluding carboxylic acids is 4. The zero-order chi connectivity index (χ0) is 40.0. The molecule has 0 radical (unpaired) electrons. The summed E-state index contributed by atoms with van der Waals surface area (Å²) in [6.45, 7) is 8.08. The van der Waals surface area contributed by atoms with E-state index in [0.29, 0.717) is 48.0 Å². The average molecular weight is 806 g/mol. The Hall–Kier alpha value is -4.82. The number of ether oxygens (including phenoxy) is 2. The lowest BCUT2D eigenvalue weighted by Crippen LogP contribution is -2.58. The first-order valence-corrected chi connectivity index (χ1v) is 21.0. The summed E-state index contributed by atoms with van der Waals surface area (Å²) in [6, 6.07) is 20.1. The minimum absolute atomic E-state index is 0.0257. The van der Waals surface area contributed by atoms with E-state index in [1.807, 2.05) is 70.2 Å². The second kappa shape index (κ2) is 15.3. The number of amides is 4. The Balaban J connectivity index is 1.11. The molecule has 5 atom stereocenters. The minimum Gasteiger partial charge on any atom is -0.457 e. The van der Waals surface area contributed by atoms with E-state index in [1.165, 1.54) is 9.80 Å². The maximum atomic E-state index is 14.7. The van der Waals surface area contributed by atoms with Gasteiger partial charge >= 0.3 is 6.09 Å². The first-order valence-electron chi connectivity index (χ1n) is 19.1. The molecular formula is C41H48ClN5O8S. The molecule has 2 aliphatic carbocycles. The molecule has 13 nitrogen and oxygen atoms in total. The Bertz CT molecular complexity index is 2110. The quantitative estimate of drug-likeness (QED) is 0.200. The van der Waals surface area contributed by atoms with Gasteiger partial charge < -0.3 is 25.0 Å². The van der Waals surface area contributed by atoms with Gasteiger partial charge in [-0.3, -0.25) is 24.0 Å². The maximum Gasteiger partial charge on any atom is 0.410 e. The molecule has 2 saturated carbocycles. The first kappa shape index (κ1) is 39.4. The molecule has 298 valence electrons. The average Bonchev–Trinajstić information content (AvgIpc) is 4.05. The molecule has 1 saturated heterocycles. The van der Waals surface area contributed by atoms with Gasteiger partial charge in [-0.2, -0.15) is 0 Å². The van der Waals surface area contributed by atoms with E-state index in [4.69, 9.17) is 21.1 Å². The third-order valence-electron chi connectivity index (χ3n) is 11.1. The number of rotatable bonds is 12. The monoisotopic (exact) mass is 805 g/mol. The Morgan fingerprint density at radius 1 is 0.946 bits per heavy atom. The maximum absolute atomic E-state index is 14.7. The second-order valence-electron chi connectivity index (χ2n) is 16.3. The van der Waals surface area contributed by atoms with Crippen molar-refractivity contribution >= 4 is 51.1 Å². The van der Waals surface area contributed by atoms with Gasteiger partial charge in [-0.15, -0.1) is 0 Å². The molecule has 3 aromatic carbocycles. The SMILES string of the molecule is CC[C@H]1C[C@]1(NC(=O)[C@@H]1CC(OC(=O)N2Cc3cccc(Cl)c3C2)CN1C(=O)[C@@H](Nc1ccc(Oc2ccccc2)cc1)C(C)(C)C)C(=O)NS(=O)(=O)C1CC1. The van der Waals surface area contributed by atoms with Crippen LogP contribution in [0.15, 0.2) is 72.8 Å². The zero-order valence-corrected chi connectivity index (χ0v) is 33.5. The van der Waals surface area contributed by atoms with Gasteiger partial charge in [0.2, 0.25) is 21.8 Å². The molecule has 2 heterocycles. The molecule has 7 rings (SSSR count). The second-order valence-corrected chi connectivity index (χ2v) is 18.7. The molecule has 4 amide bonds. The fourth-order valence-corrected chi connectivity index (χ4v) is 9.24. The van der Waals surface area contributed by atoms with Crippen LogP contribution in [0, 0.1) is 11.3 Å². The summed E-state index contributed by atoms with van der Waals surface area (Å²) < 4.78 is 39.6. The van der Waals surface area contributed by atoms with Gasteiger partial charge in [-0.25, -0.2) is 13.2 Å². The molecule has 0 spiro atoms. The van der Waals surface area contributed by atoms with Gasteiger partial charge in [-0.05, 0) is 84.2 Å². The van der Waals surface area contributed by atoms with Crippen LogP contribution in [-0.4, -0.2) is 77.6 Å². The number of likely N-dealkylation sites (tertiary alicyclic amines) is 1. The highest BCUT2D eigenvalue weighted by atomic mass is 35.5. The van der Waals surface area contributed by atoms with E-state index >= 15 is 0 Å². The number of sulfonamides is 1. The van der Waals surface area contributed by atoms with Crippen molar-refractivity contribution < 1.29 is 37.1 Å². The Labute approximate surface area is 332 Å². The molecular weight excluding hydrogens is 758 g/mol. The van der Waals surface area contributed by atoms with Gasteiger partial charge in [0.1, 0.15) is 35.2 Å². The standard InChI is InChI=1S/C41H48ClN5O8S/c1-5-26-21-41(26,38(50)45-56(52,53)31-18-19-31)44-36(48)34-20-30(55-39(51)46-22-25-10-9-13-33(42)32(25)24-46)23-47(34)37(49)35(40(2,3)4)43-27-14-16-29(17-15-27)54-28-11-7-6-8-12-28/h6-17,26,30-31,34-35,43H,5,18-24H2,1-4H3,(H,44,48)(H,45,50)/t26-,30?,34-,35+,41+/m0/s1. The molecule has 4 aliphatic rings.